The lowest BCUT2D eigenvalue weighted by Crippen LogP contribution is -2.48. The van der Waals surface area contributed by atoms with Gasteiger partial charge in [-0.15, -0.1) is 0 Å². The lowest BCUT2D eigenvalue weighted by molar-refractivity contribution is -0.150. The van der Waals surface area contributed by atoms with Crippen molar-refractivity contribution in [2.75, 3.05) is 20.3 Å². The third kappa shape index (κ3) is 5.80. The highest BCUT2D eigenvalue weighted by atomic mass is 16.5. The van der Waals surface area contributed by atoms with Crippen molar-refractivity contribution in [1.29, 1.82) is 0 Å². The Balaban J connectivity index is 2.15. The largest absolute Gasteiger partial charge is 0.465 e. The highest BCUT2D eigenvalue weighted by Gasteiger charge is 2.32. The zero-order valence-corrected chi connectivity index (χ0v) is 13.4. The minimum atomic E-state index is -0.569. The molecular weight excluding hydrogens is 254 g/mol. The van der Waals surface area contributed by atoms with Crippen LogP contribution in [-0.4, -0.2) is 37.9 Å². The topological polar surface area (TPSA) is 47.6 Å². The molecule has 0 spiro atoms. The summed E-state index contributed by atoms with van der Waals surface area (Å²) in [7, 11) is 1.81. The van der Waals surface area contributed by atoms with Crippen LogP contribution < -0.4 is 5.32 Å². The van der Waals surface area contributed by atoms with Gasteiger partial charge in [-0.1, -0.05) is 19.3 Å². The molecule has 1 N–H and O–H groups in total. The highest BCUT2D eigenvalue weighted by Crippen LogP contribution is 2.21. The second-order valence-electron chi connectivity index (χ2n) is 5.89. The van der Waals surface area contributed by atoms with Crippen LogP contribution in [0.3, 0.4) is 0 Å². The van der Waals surface area contributed by atoms with Crippen molar-refractivity contribution in [3.8, 4) is 0 Å². The van der Waals surface area contributed by atoms with Gasteiger partial charge in [-0.05, 0) is 53.0 Å². The Labute approximate surface area is 123 Å². The van der Waals surface area contributed by atoms with Crippen molar-refractivity contribution in [3.05, 3.63) is 0 Å². The lowest BCUT2D eigenvalue weighted by atomic mass is 9.95. The second kappa shape index (κ2) is 9.35. The first-order valence-electron chi connectivity index (χ1n) is 8.10. The Morgan fingerprint density at radius 1 is 1.25 bits per heavy atom. The Kier molecular flexibility index (Phi) is 8.15. The van der Waals surface area contributed by atoms with E-state index in [9.17, 15) is 4.79 Å². The van der Waals surface area contributed by atoms with Crippen molar-refractivity contribution in [2.45, 2.75) is 76.9 Å². The van der Waals surface area contributed by atoms with Gasteiger partial charge in [-0.2, -0.15) is 0 Å². The lowest BCUT2D eigenvalue weighted by Gasteiger charge is -2.27. The average molecular weight is 285 g/mol. The molecule has 0 saturated heterocycles. The van der Waals surface area contributed by atoms with E-state index in [1.165, 1.54) is 32.1 Å². The van der Waals surface area contributed by atoms with Crippen LogP contribution in [0.1, 0.15) is 65.2 Å². The molecule has 4 heteroatoms. The van der Waals surface area contributed by atoms with Crippen molar-refractivity contribution in [2.24, 2.45) is 0 Å². The molecule has 1 aliphatic carbocycles. The van der Waals surface area contributed by atoms with Crippen LogP contribution in [0.25, 0.3) is 0 Å². The van der Waals surface area contributed by atoms with E-state index in [-0.39, 0.29) is 5.97 Å². The van der Waals surface area contributed by atoms with Crippen molar-refractivity contribution in [3.63, 3.8) is 0 Å². The SMILES string of the molecule is CCOC(=O)C(C)(CCCCOC1CCCCC1)NC. The van der Waals surface area contributed by atoms with Crippen LogP contribution in [0.4, 0.5) is 0 Å². The summed E-state index contributed by atoms with van der Waals surface area (Å²) in [5, 5.41) is 3.09. The van der Waals surface area contributed by atoms with E-state index in [0.717, 1.165) is 25.9 Å². The van der Waals surface area contributed by atoms with E-state index in [1.54, 1.807) is 0 Å². The molecule has 0 bridgehead atoms. The fraction of sp³-hybridized carbons (Fsp3) is 0.938. The number of hydrogen-bond acceptors (Lipinski definition) is 4. The number of carbonyl (C=O) groups is 1. The normalized spacial score (nSPS) is 19.6. The van der Waals surface area contributed by atoms with Crippen molar-refractivity contribution in [1.82, 2.24) is 5.32 Å². The maximum absolute atomic E-state index is 11.9. The van der Waals surface area contributed by atoms with Crippen LogP contribution in [0.15, 0.2) is 0 Å². The van der Waals surface area contributed by atoms with Gasteiger partial charge in [0.25, 0.3) is 0 Å². The van der Waals surface area contributed by atoms with Crippen molar-refractivity contribution < 1.29 is 14.3 Å². The van der Waals surface area contributed by atoms with E-state index in [4.69, 9.17) is 9.47 Å². The van der Waals surface area contributed by atoms with Crippen LogP contribution >= 0.6 is 0 Å². The summed E-state index contributed by atoms with van der Waals surface area (Å²) >= 11 is 0. The molecule has 20 heavy (non-hydrogen) atoms. The predicted molar refractivity (Wildman–Crippen MR) is 80.8 cm³/mol. The zero-order chi connectivity index (χ0) is 14.8. The van der Waals surface area contributed by atoms with Crippen LogP contribution in [0.5, 0.6) is 0 Å². The highest BCUT2D eigenvalue weighted by molar-refractivity contribution is 5.80. The monoisotopic (exact) mass is 285 g/mol. The standard InChI is InChI=1S/C16H31NO3/c1-4-19-15(18)16(2,17-3)12-8-9-13-20-14-10-6-5-7-11-14/h14,17H,4-13H2,1-3H3. The summed E-state index contributed by atoms with van der Waals surface area (Å²) in [6.07, 6.45) is 9.67. The molecule has 0 aromatic heterocycles. The van der Waals surface area contributed by atoms with E-state index in [2.05, 4.69) is 5.32 Å². The molecule has 1 saturated carbocycles. The molecule has 1 atom stereocenters. The molecule has 1 aliphatic rings. The molecular formula is C16H31NO3. The quantitative estimate of drug-likeness (QED) is 0.522. The first-order valence-corrected chi connectivity index (χ1v) is 8.10. The third-order valence-corrected chi connectivity index (χ3v) is 4.25. The van der Waals surface area contributed by atoms with Gasteiger partial charge in [0.2, 0.25) is 0 Å². The molecule has 0 aliphatic heterocycles. The van der Waals surface area contributed by atoms with Gasteiger partial charge >= 0.3 is 5.97 Å². The van der Waals surface area contributed by atoms with Crippen LogP contribution in [-0.2, 0) is 14.3 Å². The van der Waals surface area contributed by atoms with Gasteiger partial charge in [-0.3, -0.25) is 4.79 Å². The molecule has 118 valence electrons. The number of carbonyl (C=O) groups excluding carboxylic acids is 1. The van der Waals surface area contributed by atoms with Gasteiger partial charge in [0.1, 0.15) is 5.54 Å². The third-order valence-electron chi connectivity index (χ3n) is 4.25. The molecule has 0 aromatic carbocycles. The summed E-state index contributed by atoms with van der Waals surface area (Å²) in [6, 6.07) is 0. The molecule has 0 amide bonds. The van der Waals surface area contributed by atoms with Gasteiger partial charge < -0.3 is 14.8 Å². The van der Waals surface area contributed by atoms with Gasteiger partial charge in [-0.25, -0.2) is 0 Å². The number of rotatable bonds is 9. The summed E-state index contributed by atoms with van der Waals surface area (Å²) in [4.78, 5) is 11.9. The minimum Gasteiger partial charge on any atom is -0.465 e. The summed E-state index contributed by atoms with van der Waals surface area (Å²) in [6.45, 7) is 4.99. The van der Waals surface area contributed by atoms with Gasteiger partial charge in [0.15, 0.2) is 0 Å². The first kappa shape index (κ1) is 17.4. The van der Waals surface area contributed by atoms with Crippen molar-refractivity contribution >= 4 is 5.97 Å². The second-order valence-corrected chi connectivity index (χ2v) is 5.89. The van der Waals surface area contributed by atoms with E-state index in [1.807, 2.05) is 20.9 Å². The van der Waals surface area contributed by atoms with E-state index < -0.39 is 5.54 Å². The zero-order valence-electron chi connectivity index (χ0n) is 13.4. The number of ether oxygens (including phenoxy) is 2. The first-order chi connectivity index (χ1) is 9.62. The Morgan fingerprint density at radius 2 is 1.95 bits per heavy atom. The summed E-state index contributed by atoms with van der Waals surface area (Å²) in [5.41, 5.74) is -0.569. The maximum atomic E-state index is 11.9. The minimum absolute atomic E-state index is 0.157. The molecule has 0 heterocycles. The average Bonchev–Trinajstić information content (AvgIpc) is 2.48. The molecule has 1 fully saturated rings. The Morgan fingerprint density at radius 3 is 2.55 bits per heavy atom. The van der Waals surface area contributed by atoms with Crippen LogP contribution in [0, 0.1) is 0 Å². The Bertz CT molecular complexity index is 277. The molecule has 1 rings (SSSR count). The maximum Gasteiger partial charge on any atom is 0.326 e. The van der Waals surface area contributed by atoms with E-state index >= 15 is 0 Å². The van der Waals surface area contributed by atoms with E-state index in [0.29, 0.717) is 12.7 Å². The summed E-state index contributed by atoms with van der Waals surface area (Å²) < 4.78 is 11.0. The number of nitrogens with one attached hydrogen (secondary N) is 1. The van der Waals surface area contributed by atoms with Crippen LogP contribution in [0.2, 0.25) is 0 Å². The molecule has 1 unspecified atom stereocenters. The predicted octanol–water partition coefficient (Wildman–Crippen LogP) is 3.05. The number of likely N-dealkylation sites (N-methyl/N-ethyl adjacent to an activating group) is 1. The molecule has 4 nitrogen and oxygen atoms in total. The van der Waals surface area contributed by atoms with Gasteiger partial charge in [0, 0.05) is 6.61 Å². The molecule has 0 radical (unpaired) electrons. The number of hydrogen-bond donors (Lipinski definition) is 1. The van der Waals surface area contributed by atoms with Gasteiger partial charge in [0.05, 0.1) is 12.7 Å². The fourth-order valence-electron chi connectivity index (χ4n) is 2.68. The fourth-order valence-corrected chi connectivity index (χ4v) is 2.68. The summed E-state index contributed by atoms with van der Waals surface area (Å²) in [5.74, 6) is -0.157. The number of esters is 1. The molecule has 0 aromatic rings. The number of unbranched alkanes of at least 4 members (excludes halogenated alkanes) is 1. The Hall–Kier alpha value is -0.610. The smallest absolute Gasteiger partial charge is 0.326 e.